The van der Waals surface area contributed by atoms with Crippen molar-refractivity contribution >= 4 is 37.4 Å². The first-order valence-electron chi connectivity index (χ1n) is 4.87. The summed E-state index contributed by atoms with van der Waals surface area (Å²) in [6.45, 7) is 2.89. The number of rotatable bonds is 4. The number of benzene rings is 1. The standard InChI is InChI=1S/C9H10N4O2Se/c1-2-5-10-6-3-4-7(13(14)15)9-8(6)11-16-12-9/h3-4,10H,2,5H2,1H3. The van der Waals surface area contributed by atoms with E-state index in [1.165, 1.54) is 6.07 Å². The van der Waals surface area contributed by atoms with Gasteiger partial charge in [0, 0.05) is 0 Å². The minimum atomic E-state index is -0.414. The summed E-state index contributed by atoms with van der Waals surface area (Å²) >= 11 is -0.253. The predicted molar refractivity (Wildman–Crippen MR) is 61.9 cm³/mol. The van der Waals surface area contributed by atoms with E-state index in [9.17, 15) is 10.1 Å². The fourth-order valence-electron chi connectivity index (χ4n) is 1.40. The summed E-state index contributed by atoms with van der Waals surface area (Å²) in [6.07, 6.45) is 0.994. The Bertz CT molecular complexity index is 525. The van der Waals surface area contributed by atoms with Crippen LogP contribution in [-0.4, -0.2) is 34.4 Å². The van der Waals surface area contributed by atoms with Gasteiger partial charge in [0.05, 0.1) is 0 Å². The van der Waals surface area contributed by atoms with Crippen LogP contribution in [0.25, 0.3) is 11.0 Å². The molecule has 16 heavy (non-hydrogen) atoms. The van der Waals surface area contributed by atoms with Crippen LogP contribution in [0.4, 0.5) is 11.4 Å². The summed E-state index contributed by atoms with van der Waals surface area (Å²) in [6, 6.07) is 3.18. The molecule has 0 saturated carbocycles. The van der Waals surface area contributed by atoms with Crippen LogP contribution in [-0.2, 0) is 0 Å². The van der Waals surface area contributed by atoms with E-state index >= 15 is 0 Å². The van der Waals surface area contributed by atoms with Crippen LogP contribution in [0.2, 0.25) is 0 Å². The topological polar surface area (TPSA) is 81.0 Å². The number of hydrogen-bond donors (Lipinski definition) is 1. The zero-order chi connectivity index (χ0) is 11.5. The fraction of sp³-hybridized carbons (Fsp3) is 0.333. The maximum absolute atomic E-state index is 10.8. The number of anilines is 1. The van der Waals surface area contributed by atoms with Crippen molar-refractivity contribution in [2.75, 3.05) is 11.9 Å². The van der Waals surface area contributed by atoms with Crippen LogP contribution in [0.1, 0.15) is 13.3 Å². The van der Waals surface area contributed by atoms with Crippen LogP contribution >= 0.6 is 0 Å². The Morgan fingerprint density at radius 1 is 1.44 bits per heavy atom. The van der Waals surface area contributed by atoms with Crippen LogP contribution in [0.5, 0.6) is 0 Å². The zero-order valence-corrected chi connectivity index (χ0v) is 10.3. The molecule has 0 aliphatic heterocycles. The molecule has 2 rings (SSSR count). The van der Waals surface area contributed by atoms with Gasteiger partial charge in [-0.25, -0.2) is 0 Å². The second kappa shape index (κ2) is 4.59. The quantitative estimate of drug-likeness (QED) is 0.522. The van der Waals surface area contributed by atoms with E-state index in [0.29, 0.717) is 11.0 Å². The molecule has 2 aromatic rings. The molecule has 1 N–H and O–H groups in total. The molecule has 0 aliphatic rings. The minimum absolute atomic E-state index is 0.0418. The van der Waals surface area contributed by atoms with Gasteiger partial charge < -0.3 is 0 Å². The monoisotopic (exact) mass is 286 g/mol. The van der Waals surface area contributed by atoms with Gasteiger partial charge in [0.2, 0.25) is 0 Å². The third kappa shape index (κ3) is 1.91. The average molecular weight is 285 g/mol. The van der Waals surface area contributed by atoms with Gasteiger partial charge >= 0.3 is 97.7 Å². The molecule has 1 aromatic carbocycles. The van der Waals surface area contributed by atoms with E-state index in [0.717, 1.165) is 18.7 Å². The summed E-state index contributed by atoms with van der Waals surface area (Å²) in [5.41, 5.74) is 1.94. The van der Waals surface area contributed by atoms with E-state index in [2.05, 4.69) is 20.2 Å². The van der Waals surface area contributed by atoms with Crippen LogP contribution in [0, 0.1) is 10.1 Å². The van der Waals surface area contributed by atoms with E-state index in [4.69, 9.17) is 0 Å². The van der Waals surface area contributed by atoms with Gasteiger partial charge in [-0.3, -0.25) is 0 Å². The number of nitro benzene ring substituents is 1. The molecule has 0 unspecified atom stereocenters. The maximum atomic E-state index is 10.8. The molecule has 0 aliphatic carbocycles. The van der Waals surface area contributed by atoms with Crippen molar-refractivity contribution in [3.63, 3.8) is 0 Å². The van der Waals surface area contributed by atoms with E-state index in [1.807, 2.05) is 0 Å². The first-order valence-corrected chi connectivity index (χ1v) is 6.40. The van der Waals surface area contributed by atoms with E-state index < -0.39 is 4.92 Å². The summed E-state index contributed by atoms with van der Waals surface area (Å²) in [4.78, 5) is 10.4. The third-order valence-electron chi connectivity index (χ3n) is 2.16. The van der Waals surface area contributed by atoms with Crippen molar-refractivity contribution < 1.29 is 4.92 Å². The first kappa shape index (κ1) is 11.0. The molecule has 7 heteroatoms. The van der Waals surface area contributed by atoms with Crippen LogP contribution in [0.3, 0.4) is 0 Å². The second-order valence-corrected chi connectivity index (χ2v) is 4.39. The molecule has 6 nitrogen and oxygen atoms in total. The number of hydrogen-bond acceptors (Lipinski definition) is 5. The van der Waals surface area contributed by atoms with E-state index in [-0.39, 0.29) is 20.6 Å². The van der Waals surface area contributed by atoms with Gasteiger partial charge in [0.25, 0.3) is 0 Å². The molecule has 0 fully saturated rings. The molecule has 1 heterocycles. The normalized spacial score (nSPS) is 10.6. The van der Waals surface area contributed by atoms with Crippen LogP contribution in [0.15, 0.2) is 12.1 Å². The van der Waals surface area contributed by atoms with Crippen molar-refractivity contribution in [1.82, 2.24) is 7.96 Å². The molecule has 0 amide bonds. The molecule has 0 saturated heterocycles. The summed E-state index contributed by atoms with van der Waals surface area (Å²) < 4.78 is 8.33. The SMILES string of the molecule is CCCNc1ccc([N+](=O)[O-])c2n[se]nc12. The Morgan fingerprint density at radius 3 is 2.88 bits per heavy atom. The number of aromatic nitrogens is 2. The molecule has 0 bridgehead atoms. The Kier molecular flexibility index (Phi) is 3.17. The van der Waals surface area contributed by atoms with Crippen LogP contribution < -0.4 is 5.32 Å². The summed E-state index contributed by atoms with van der Waals surface area (Å²) in [5.74, 6) is 0. The molecular weight excluding hydrogens is 275 g/mol. The summed E-state index contributed by atoms with van der Waals surface area (Å²) in [7, 11) is 0. The summed E-state index contributed by atoms with van der Waals surface area (Å²) in [5, 5.41) is 14.0. The zero-order valence-electron chi connectivity index (χ0n) is 8.64. The Labute approximate surface area is 98.0 Å². The van der Waals surface area contributed by atoms with Crippen molar-refractivity contribution in [2.45, 2.75) is 13.3 Å². The predicted octanol–water partition coefficient (Wildman–Crippen LogP) is 1.42. The van der Waals surface area contributed by atoms with E-state index in [1.54, 1.807) is 6.07 Å². The van der Waals surface area contributed by atoms with Gasteiger partial charge in [-0.1, -0.05) is 0 Å². The molecule has 1 aromatic heterocycles. The Morgan fingerprint density at radius 2 is 2.19 bits per heavy atom. The average Bonchev–Trinajstić information content (AvgIpc) is 2.74. The van der Waals surface area contributed by atoms with Crippen molar-refractivity contribution in [2.24, 2.45) is 0 Å². The van der Waals surface area contributed by atoms with Gasteiger partial charge in [-0.15, -0.1) is 0 Å². The third-order valence-corrected chi connectivity index (χ3v) is 3.27. The molecule has 0 spiro atoms. The molecular formula is C9H10N4O2Se. The van der Waals surface area contributed by atoms with Gasteiger partial charge in [0.15, 0.2) is 0 Å². The Balaban J connectivity index is 2.50. The van der Waals surface area contributed by atoms with Gasteiger partial charge in [-0.05, 0) is 0 Å². The van der Waals surface area contributed by atoms with Crippen molar-refractivity contribution in [1.29, 1.82) is 0 Å². The van der Waals surface area contributed by atoms with Gasteiger partial charge in [0.1, 0.15) is 0 Å². The number of nitrogens with one attached hydrogen (secondary N) is 1. The first-order chi connectivity index (χ1) is 7.74. The van der Waals surface area contributed by atoms with Crippen molar-refractivity contribution in [3.8, 4) is 0 Å². The molecule has 0 radical (unpaired) electrons. The molecule has 84 valence electrons. The van der Waals surface area contributed by atoms with Gasteiger partial charge in [-0.2, -0.15) is 0 Å². The fourth-order valence-corrected chi connectivity index (χ4v) is 2.60. The second-order valence-electron chi connectivity index (χ2n) is 3.28. The number of nitrogens with zero attached hydrogens (tertiary/aromatic N) is 3. The number of fused-ring (bicyclic) bond motifs is 1. The molecule has 0 atom stereocenters. The number of nitro groups is 1. The number of non-ortho nitro benzene ring substituents is 1. The van der Waals surface area contributed by atoms with Crippen molar-refractivity contribution in [3.05, 3.63) is 22.2 Å². The Hall–Kier alpha value is -1.46.